The summed E-state index contributed by atoms with van der Waals surface area (Å²) in [5.74, 6) is 4.46. The maximum absolute atomic E-state index is 5.87. The van der Waals surface area contributed by atoms with Crippen molar-refractivity contribution in [2.75, 3.05) is 21.3 Å². The monoisotopic (exact) mass is 370 g/mol. The van der Waals surface area contributed by atoms with E-state index in [2.05, 4.69) is 33.8 Å². The first kappa shape index (κ1) is 18.7. The van der Waals surface area contributed by atoms with Crippen LogP contribution < -0.4 is 14.2 Å². The average molecular weight is 371 g/mol. The van der Waals surface area contributed by atoms with E-state index >= 15 is 0 Å². The second-order valence-electron chi connectivity index (χ2n) is 9.42. The normalized spacial score (nSPS) is 37.0. The van der Waals surface area contributed by atoms with Crippen LogP contribution in [0.15, 0.2) is 17.7 Å². The zero-order chi connectivity index (χ0) is 19.6. The predicted octanol–water partition coefficient (Wildman–Crippen LogP) is 5.76. The lowest BCUT2D eigenvalue weighted by Gasteiger charge is -2.63. The predicted molar refractivity (Wildman–Crippen MR) is 109 cm³/mol. The highest BCUT2D eigenvalue weighted by atomic mass is 16.5. The van der Waals surface area contributed by atoms with Gasteiger partial charge in [-0.15, -0.1) is 0 Å². The van der Waals surface area contributed by atoms with Gasteiger partial charge >= 0.3 is 0 Å². The molecule has 3 nitrogen and oxygen atoms in total. The molecule has 27 heavy (non-hydrogen) atoms. The van der Waals surface area contributed by atoms with Crippen molar-refractivity contribution in [2.45, 2.75) is 59.3 Å². The van der Waals surface area contributed by atoms with E-state index in [1.165, 1.54) is 30.4 Å². The number of ether oxygens (including phenoxy) is 3. The number of benzene rings is 1. The molecule has 0 heterocycles. The topological polar surface area (TPSA) is 27.7 Å². The number of hydrogen-bond donors (Lipinski definition) is 0. The standard InChI is InChI=1S/C24H34O3/c1-14-9-8-10-20-23(14,3)12-16-15(2)24(20,4)13-17-21(16)18(25-5)11-19(26-6)22(17)27-7/h9,11,15-16,20H,8,10,12-13H2,1-7H3/t15?,16?,20-,23-,24+/m1/s1. The molecule has 0 amide bonds. The summed E-state index contributed by atoms with van der Waals surface area (Å²) >= 11 is 0. The molecule has 0 radical (unpaired) electrons. The van der Waals surface area contributed by atoms with E-state index in [1.54, 1.807) is 26.9 Å². The van der Waals surface area contributed by atoms with Crippen LogP contribution in [0.3, 0.4) is 0 Å². The summed E-state index contributed by atoms with van der Waals surface area (Å²) < 4.78 is 17.4. The van der Waals surface area contributed by atoms with E-state index in [-0.39, 0.29) is 10.8 Å². The molecule has 1 aromatic rings. The molecule has 3 aliphatic rings. The fraction of sp³-hybridized carbons (Fsp3) is 0.667. The number of allylic oxidation sites excluding steroid dienone is 2. The average Bonchev–Trinajstić information content (AvgIpc) is 2.65. The number of fused-ring (bicyclic) bond motifs is 6. The summed E-state index contributed by atoms with van der Waals surface area (Å²) in [6.45, 7) is 9.86. The van der Waals surface area contributed by atoms with Crippen molar-refractivity contribution in [3.05, 3.63) is 28.8 Å². The molecule has 1 saturated carbocycles. The van der Waals surface area contributed by atoms with Crippen LogP contribution >= 0.6 is 0 Å². The molecule has 0 N–H and O–H groups in total. The first-order valence-corrected chi connectivity index (χ1v) is 10.3. The molecule has 1 aromatic carbocycles. The van der Waals surface area contributed by atoms with Crippen molar-refractivity contribution >= 4 is 0 Å². The molecule has 5 atom stereocenters. The summed E-state index contributed by atoms with van der Waals surface area (Å²) in [6, 6.07) is 2.02. The van der Waals surface area contributed by atoms with Gasteiger partial charge in [0.1, 0.15) is 5.75 Å². The van der Waals surface area contributed by atoms with Crippen LogP contribution in [0.5, 0.6) is 17.2 Å². The zero-order valence-corrected chi connectivity index (χ0v) is 17.9. The third-order valence-corrected chi connectivity index (χ3v) is 8.58. The molecule has 0 aromatic heterocycles. The third kappa shape index (κ3) is 2.33. The fourth-order valence-electron chi connectivity index (χ4n) is 6.89. The van der Waals surface area contributed by atoms with Crippen molar-refractivity contribution in [1.29, 1.82) is 0 Å². The van der Waals surface area contributed by atoms with E-state index in [4.69, 9.17) is 14.2 Å². The van der Waals surface area contributed by atoms with Crippen LogP contribution in [-0.4, -0.2) is 21.3 Å². The maximum atomic E-state index is 5.87. The van der Waals surface area contributed by atoms with Crippen LogP contribution in [0.1, 0.15) is 64.0 Å². The van der Waals surface area contributed by atoms with Crippen LogP contribution in [0.25, 0.3) is 0 Å². The maximum Gasteiger partial charge on any atom is 0.164 e. The van der Waals surface area contributed by atoms with Gasteiger partial charge in [-0.2, -0.15) is 0 Å². The molecular weight excluding hydrogens is 336 g/mol. The van der Waals surface area contributed by atoms with Crippen LogP contribution in [-0.2, 0) is 6.42 Å². The van der Waals surface area contributed by atoms with Gasteiger partial charge in [0.15, 0.2) is 11.5 Å². The number of hydrogen-bond acceptors (Lipinski definition) is 3. The fourth-order valence-corrected chi connectivity index (χ4v) is 6.89. The number of rotatable bonds is 3. The lowest BCUT2D eigenvalue weighted by molar-refractivity contribution is -0.0643. The van der Waals surface area contributed by atoms with Crippen molar-refractivity contribution in [3.8, 4) is 17.2 Å². The van der Waals surface area contributed by atoms with Gasteiger partial charge in [-0.3, -0.25) is 0 Å². The Balaban J connectivity index is 1.98. The van der Waals surface area contributed by atoms with E-state index < -0.39 is 0 Å². The molecule has 1 fully saturated rings. The van der Waals surface area contributed by atoms with E-state index in [1.807, 2.05) is 6.07 Å². The summed E-state index contributed by atoms with van der Waals surface area (Å²) in [5.41, 5.74) is 4.79. The summed E-state index contributed by atoms with van der Waals surface area (Å²) in [6.07, 6.45) is 7.21. The van der Waals surface area contributed by atoms with Crippen LogP contribution in [0, 0.1) is 22.7 Å². The largest absolute Gasteiger partial charge is 0.496 e. The molecule has 148 valence electrons. The van der Waals surface area contributed by atoms with Gasteiger partial charge in [-0.1, -0.05) is 32.4 Å². The van der Waals surface area contributed by atoms with Gasteiger partial charge < -0.3 is 14.2 Å². The second kappa shape index (κ2) is 6.18. The molecule has 0 aliphatic heterocycles. The van der Waals surface area contributed by atoms with Crippen molar-refractivity contribution in [3.63, 3.8) is 0 Å². The van der Waals surface area contributed by atoms with Gasteiger partial charge in [0.25, 0.3) is 0 Å². The lowest BCUT2D eigenvalue weighted by Crippen LogP contribution is -2.55. The smallest absolute Gasteiger partial charge is 0.164 e. The molecule has 3 aliphatic carbocycles. The highest BCUT2D eigenvalue weighted by Crippen LogP contribution is 2.69. The van der Waals surface area contributed by atoms with E-state index in [9.17, 15) is 0 Å². The van der Waals surface area contributed by atoms with Crippen molar-refractivity contribution in [1.82, 2.24) is 0 Å². The minimum Gasteiger partial charge on any atom is -0.496 e. The van der Waals surface area contributed by atoms with E-state index in [0.717, 1.165) is 23.7 Å². The molecule has 3 heteroatoms. The summed E-state index contributed by atoms with van der Waals surface area (Å²) in [7, 11) is 5.25. The van der Waals surface area contributed by atoms with Gasteiger partial charge in [-0.05, 0) is 61.2 Å². The highest BCUT2D eigenvalue weighted by Gasteiger charge is 2.60. The van der Waals surface area contributed by atoms with Gasteiger partial charge in [0.05, 0.1) is 21.3 Å². The second-order valence-corrected chi connectivity index (χ2v) is 9.42. The minimum atomic E-state index is 0.255. The Hall–Kier alpha value is -1.64. The third-order valence-electron chi connectivity index (χ3n) is 8.58. The Labute approximate surface area is 164 Å². The molecule has 2 bridgehead atoms. The van der Waals surface area contributed by atoms with Gasteiger partial charge in [0.2, 0.25) is 0 Å². The van der Waals surface area contributed by atoms with Crippen molar-refractivity contribution in [2.24, 2.45) is 22.7 Å². The molecule has 0 saturated heterocycles. The van der Waals surface area contributed by atoms with Crippen LogP contribution in [0.2, 0.25) is 0 Å². The summed E-state index contributed by atoms with van der Waals surface area (Å²) in [4.78, 5) is 0. The quantitative estimate of drug-likeness (QED) is 0.633. The molecule has 2 unspecified atom stereocenters. The number of methoxy groups -OCH3 is 3. The van der Waals surface area contributed by atoms with Crippen molar-refractivity contribution < 1.29 is 14.2 Å². The van der Waals surface area contributed by atoms with E-state index in [0.29, 0.717) is 17.8 Å². The highest BCUT2D eigenvalue weighted by molar-refractivity contribution is 5.61. The first-order chi connectivity index (χ1) is 12.8. The Kier molecular flexibility index (Phi) is 4.29. The Morgan fingerprint density at radius 1 is 1.04 bits per heavy atom. The van der Waals surface area contributed by atoms with Gasteiger partial charge in [0, 0.05) is 17.2 Å². The molecule has 0 spiro atoms. The molecular formula is C24H34O3. The Bertz CT molecular complexity index is 795. The van der Waals surface area contributed by atoms with Crippen LogP contribution in [0.4, 0.5) is 0 Å². The minimum absolute atomic E-state index is 0.255. The van der Waals surface area contributed by atoms with Gasteiger partial charge in [-0.25, -0.2) is 0 Å². The molecule has 4 rings (SSSR count). The SMILES string of the molecule is COc1cc(OC)c2c(c1OC)C[C@@]1(C)C(C)C2C[C@]2(C)C(C)=CCC[C@@H]12. The first-order valence-electron chi connectivity index (χ1n) is 10.3. The Morgan fingerprint density at radius 2 is 1.74 bits per heavy atom. The summed E-state index contributed by atoms with van der Waals surface area (Å²) in [5, 5.41) is 0. The lowest BCUT2D eigenvalue weighted by atomic mass is 9.41. The zero-order valence-electron chi connectivity index (χ0n) is 17.9. The Morgan fingerprint density at radius 3 is 2.37 bits per heavy atom.